The lowest BCUT2D eigenvalue weighted by Crippen LogP contribution is -2.30. The second-order valence-electron chi connectivity index (χ2n) is 4.86. The Labute approximate surface area is 129 Å². The number of hydrogen-bond donors (Lipinski definition) is 1. The van der Waals surface area contributed by atoms with Crippen LogP contribution in [0.25, 0.3) is 10.2 Å². The van der Waals surface area contributed by atoms with Crippen LogP contribution < -0.4 is 10.6 Å². The van der Waals surface area contributed by atoms with Gasteiger partial charge < -0.3 is 10.6 Å². The standard InChI is InChI=1S/C14H11N5S2/c15-5-10-8-1-3-19(6-11(8)21-12(10)16)13-9-2-4-20-14(9)18-7-17-13/h2,4,7H,1,3,6,16H2. The third kappa shape index (κ3) is 1.87. The van der Waals surface area contributed by atoms with E-state index >= 15 is 0 Å². The Morgan fingerprint density at radius 1 is 1.38 bits per heavy atom. The molecule has 0 unspecified atom stereocenters. The number of fused-ring (bicyclic) bond motifs is 2. The Balaban J connectivity index is 1.76. The van der Waals surface area contributed by atoms with Crippen molar-refractivity contribution in [2.45, 2.75) is 13.0 Å². The number of thiophene rings is 2. The van der Waals surface area contributed by atoms with Gasteiger partial charge in [-0.3, -0.25) is 0 Å². The molecule has 0 radical (unpaired) electrons. The summed E-state index contributed by atoms with van der Waals surface area (Å²) >= 11 is 3.14. The molecular weight excluding hydrogens is 302 g/mol. The van der Waals surface area contributed by atoms with Crippen LogP contribution in [0.15, 0.2) is 17.8 Å². The van der Waals surface area contributed by atoms with Gasteiger partial charge in [-0.15, -0.1) is 22.7 Å². The Morgan fingerprint density at radius 3 is 3.14 bits per heavy atom. The average molecular weight is 313 g/mol. The molecular formula is C14H11N5S2. The summed E-state index contributed by atoms with van der Waals surface area (Å²) < 4.78 is 0. The fourth-order valence-electron chi connectivity index (χ4n) is 2.76. The van der Waals surface area contributed by atoms with Crippen LogP contribution in [0.3, 0.4) is 0 Å². The number of nitriles is 1. The van der Waals surface area contributed by atoms with Crippen LogP contribution in [-0.4, -0.2) is 16.5 Å². The quantitative estimate of drug-likeness (QED) is 0.747. The van der Waals surface area contributed by atoms with E-state index < -0.39 is 0 Å². The Kier molecular flexibility index (Phi) is 2.80. The minimum atomic E-state index is 0.632. The molecule has 0 amide bonds. The normalized spacial score (nSPS) is 14.1. The topological polar surface area (TPSA) is 78.8 Å². The van der Waals surface area contributed by atoms with Crippen molar-refractivity contribution in [2.75, 3.05) is 17.2 Å². The molecule has 0 spiro atoms. The molecule has 0 saturated heterocycles. The maximum Gasteiger partial charge on any atom is 0.141 e. The summed E-state index contributed by atoms with van der Waals surface area (Å²) in [5, 5.41) is 13.0. The molecule has 5 nitrogen and oxygen atoms in total. The van der Waals surface area contributed by atoms with Gasteiger partial charge in [0.25, 0.3) is 0 Å². The zero-order valence-electron chi connectivity index (χ0n) is 11.0. The minimum absolute atomic E-state index is 0.632. The van der Waals surface area contributed by atoms with Crippen molar-refractivity contribution in [1.82, 2.24) is 9.97 Å². The molecule has 0 aliphatic carbocycles. The first-order valence-electron chi connectivity index (χ1n) is 6.51. The van der Waals surface area contributed by atoms with Gasteiger partial charge in [0, 0.05) is 11.4 Å². The lowest BCUT2D eigenvalue weighted by atomic mass is 10.0. The number of rotatable bonds is 1. The number of hydrogen-bond acceptors (Lipinski definition) is 7. The van der Waals surface area contributed by atoms with E-state index in [2.05, 4.69) is 27.0 Å². The molecule has 104 valence electrons. The van der Waals surface area contributed by atoms with E-state index in [1.165, 1.54) is 16.2 Å². The number of nitrogens with zero attached hydrogens (tertiary/aromatic N) is 4. The maximum absolute atomic E-state index is 9.20. The SMILES string of the molecule is N#Cc1c(N)sc2c1CCN(c1ncnc3sccc13)C2. The van der Waals surface area contributed by atoms with Crippen molar-refractivity contribution >= 4 is 43.7 Å². The average Bonchev–Trinajstić information content (AvgIpc) is 3.08. The molecule has 4 heterocycles. The smallest absolute Gasteiger partial charge is 0.141 e. The van der Waals surface area contributed by atoms with E-state index in [4.69, 9.17) is 5.73 Å². The van der Waals surface area contributed by atoms with Crippen LogP contribution in [0.2, 0.25) is 0 Å². The summed E-state index contributed by atoms with van der Waals surface area (Å²) in [7, 11) is 0. The molecule has 0 saturated carbocycles. The van der Waals surface area contributed by atoms with Crippen molar-refractivity contribution in [3.63, 3.8) is 0 Å². The molecule has 7 heteroatoms. The van der Waals surface area contributed by atoms with Gasteiger partial charge >= 0.3 is 0 Å². The molecule has 0 atom stereocenters. The van der Waals surface area contributed by atoms with E-state index in [1.807, 2.05) is 5.38 Å². The van der Waals surface area contributed by atoms with Gasteiger partial charge in [-0.05, 0) is 23.4 Å². The van der Waals surface area contributed by atoms with Gasteiger partial charge in [0.15, 0.2) is 0 Å². The molecule has 3 aromatic rings. The number of anilines is 2. The van der Waals surface area contributed by atoms with E-state index in [1.54, 1.807) is 17.7 Å². The van der Waals surface area contributed by atoms with Gasteiger partial charge in [0.1, 0.15) is 28.0 Å². The summed E-state index contributed by atoms with van der Waals surface area (Å²) in [6, 6.07) is 4.29. The van der Waals surface area contributed by atoms with Crippen molar-refractivity contribution in [1.29, 1.82) is 5.26 Å². The van der Waals surface area contributed by atoms with Crippen LogP contribution in [0.1, 0.15) is 16.0 Å². The third-order valence-corrected chi connectivity index (χ3v) is 5.60. The second kappa shape index (κ2) is 4.69. The monoisotopic (exact) mass is 313 g/mol. The Hall–Kier alpha value is -2.17. The van der Waals surface area contributed by atoms with Crippen LogP contribution in [0, 0.1) is 11.3 Å². The number of aromatic nitrogens is 2. The summed E-state index contributed by atoms with van der Waals surface area (Å²) in [6.45, 7) is 1.60. The van der Waals surface area contributed by atoms with Gasteiger partial charge in [0.05, 0.1) is 17.5 Å². The molecule has 0 aromatic carbocycles. The minimum Gasteiger partial charge on any atom is -0.389 e. The molecule has 2 N–H and O–H groups in total. The van der Waals surface area contributed by atoms with Crippen LogP contribution in [-0.2, 0) is 13.0 Å². The van der Waals surface area contributed by atoms with Crippen LogP contribution >= 0.6 is 22.7 Å². The summed E-state index contributed by atoms with van der Waals surface area (Å²) in [4.78, 5) is 13.2. The Bertz CT molecular complexity index is 873. The van der Waals surface area contributed by atoms with Crippen molar-refractivity contribution in [2.24, 2.45) is 0 Å². The van der Waals surface area contributed by atoms with Crippen LogP contribution in [0.4, 0.5) is 10.8 Å². The zero-order chi connectivity index (χ0) is 14.4. The van der Waals surface area contributed by atoms with Gasteiger partial charge in [-0.2, -0.15) is 5.26 Å². The zero-order valence-corrected chi connectivity index (χ0v) is 12.7. The molecule has 1 aliphatic heterocycles. The highest BCUT2D eigenvalue weighted by Gasteiger charge is 2.25. The van der Waals surface area contributed by atoms with Crippen molar-refractivity contribution in [3.8, 4) is 6.07 Å². The number of nitrogens with two attached hydrogens (primary N) is 1. The van der Waals surface area contributed by atoms with Gasteiger partial charge in [-0.1, -0.05) is 0 Å². The highest BCUT2D eigenvalue weighted by molar-refractivity contribution is 7.17. The highest BCUT2D eigenvalue weighted by Crippen LogP contribution is 2.37. The molecule has 4 rings (SSSR count). The highest BCUT2D eigenvalue weighted by atomic mass is 32.1. The largest absolute Gasteiger partial charge is 0.389 e. The first-order valence-corrected chi connectivity index (χ1v) is 8.21. The first kappa shape index (κ1) is 12.6. The summed E-state index contributed by atoms with van der Waals surface area (Å²) in [6.07, 6.45) is 2.45. The predicted octanol–water partition coefficient (Wildman–Crippen LogP) is 2.77. The molecule has 0 bridgehead atoms. The lowest BCUT2D eigenvalue weighted by molar-refractivity contribution is 0.734. The Morgan fingerprint density at radius 2 is 2.29 bits per heavy atom. The number of nitrogen functional groups attached to an aromatic ring is 1. The van der Waals surface area contributed by atoms with Gasteiger partial charge in [-0.25, -0.2) is 9.97 Å². The molecule has 0 fully saturated rings. The molecule has 3 aromatic heterocycles. The lowest BCUT2D eigenvalue weighted by Gasteiger charge is -2.28. The van der Waals surface area contributed by atoms with Crippen LogP contribution in [0.5, 0.6) is 0 Å². The second-order valence-corrected chi connectivity index (χ2v) is 6.89. The van der Waals surface area contributed by atoms with E-state index in [-0.39, 0.29) is 0 Å². The molecule has 1 aliphatic rings. The fraction of sp³-hybridized carbons (Fsp3) is 0.214. The predicted molar refractivity (Wildman–Crippen MR) is 85.6 cm³/mol. The van der Waals surface area contributed by atoms with Crippen molar-refractivity contribution < 1.29 is 0 Å². The fourth-order valence-corrected chi connectivity index (χ4v) is 4.57. The third-order valence-electron chi connectivity index (χ3n) is 3.74. The van der Waals surface area contributed by atoms with E-state index in [0.717, 1.165) is 41.1 Å². The van der Waals surface area contributed by atoms with E-state index in [0.29, 0.717) is 10.6 Å². The van der Waals surface area contributed by atoms with Crippen molar-refractivity contribution in [3.05, 3.63) is 33.8 Å². The van der Waals surface area contributed by atoms with Gasteiger partial charge in [0.2, 0.25) is 0 Å². The summed E-state index contributed by atoms with van der Waals surface area (Å²) in [5.41, 5.74) is 7.73. The summed E-state index contributed by atoms with van der Waals surface area (Å²) in [5.74, 6) is 0.970. The van der Waals surface area contributed by atoms with E-state index in [9.17, 15) is 5.26 Å². The molecule has 21 heavy (non-hydrogen) atoms. The maximum atomic E-state index is 9.20. The first-order chi connectivity index (χ1) is 10.3.